The van der Waals surface area contributed by atoms with E-state index in [0.717, 1.165) is 24.3 Å². The second-order valence-corrected chi connectivity index (χ2v) is 6.83. The smallest absolute Gasteiger partial charge is 0.0220 e. The molecule has 19 heavy (non-hydrogen) atoms. The minimum Gasteiger partial charge on any atom is -0.312 e. The highest BCUT2D eigenvalue weighted by molar-refractivity contribution is 4.81. The van der Waals surface area contributed by atoms with E-state index >= 15 is 0 Å². The van der Waals surface area contributed by atoms with E-state index in [-0.39, 0.29) is 0 Å². The van der Waals surface area contributed by atoms with Gasteiger partial charge in [0.05, 0.1) is 0 Å². The van der Waals surface area contributed by atoms with Crippen LogP contribution in [-0.2, 0) is 0 Å². The lowest BCUT2D eigenvalue weighted by molar-refractivity contribution is 0.134. The third-order valence-corrected chi connectivity index (χ3v) is 5.02. The molecule has 0 radical (unpaired) electrons. The Balaban J connectivity index is 2.38. The van der Waals surface area contributed by atoms with Gasteiger partial charge in [0.25, 0.3) is 0 Å². The zero-order chi connectivity index (χ0) is 14.3. The largest absolute Gasteiger partial charge is 0.312 e. The topological polar surface area (TPSA) is 15.3 Å². The van der Waals surface area contributed by atoms with Crippen LogP contribution in [0, 0.1) is 17.8 Å². The molecule has 0 bridgehead atoms. The van der Waals surface area contributed by atoms with Gasteiger partial charge in [-0.2, -0.15) is 0 Å². The fraction of sp³-hybridized carbons (Fsp3) is 1.00. The highest BCUT2D eigenvalue weighted by Crippen LogP contribution is 2.25. The Morgan fingerprint density at radius 1 is 1.11 bits per heavy atom. The molecule has 1 aliphatic rings. The SMILES string of the molecule is CCCNC(CN1CCC(C(C)C)CC1)C(C)CC. The van der Waals surface area contributed by atoms with E-state index in [2.05, 4.69) is 44.8 Å². The van der Waals surface area contributed by atoms with Gasteiger partial charge in [0, 0.05) is 12.6 Å². The number of rotatable bonds is 8. The van der Waals surface area contributed by atoms with Gasteiger partial charge < -0.3 is 10.2 Å². The lowest BCUT2D eigenvalue weighted by Crippen LogP contribution is -2.47. The number of hydrogen-bond acceptors (Lipinski definition) is 2. The van der Waals surface area contributed by atoms with Crippen molar-refractivity contribution >= 4 is 0 Å². The number of hydrogen-bond donors (Lipinski definition) is 1. The number of piperidine rings is 1. The minimum absolute atomic E-state index is 0.681. The predicted molar refractivity (Wildman–Crippen MR) is 85.5 cm³/mol. The highest BCUT2D eigenvalue weighted by atomic mass is 15.2. The van der Waals surface area contributed by atoms with E-state index in [0.29, 0.717) is 6.04 Å². The Hall–Kier alpha value is -0.0800. The molecule has 1 aliphatic heterocycles. The van der Waals surface area contributed by atoms with Crippen LogP contribution < -0.4 is 5.32 Å². The van der Waals surface area contributed by atoms with E-state index in [1.165, 1.54) is 45.3 Å². The van der Waals surface area contributed by atoms with Crippen LogP contribution >= 0.6 is 0 Å². The molecular formula is C17H36N2. The van der Waals surface area contributed by atoms with Crippen LogP contribution in [0.3, 0.4) is 0 Å². The predicted octanol–water partition coefficient (Wildman–Crippen LogP) is 3.77. The highest BCUT2D eigenvalue weighted by Gasteiger charge is 2.24. The second kappa shape index (κ2) is 8.97. The average molecular weight is 268 g/mol. The molecule has 1 N–H and O–H groups in total. The fourth-order valence-corrected chi connectivity index (χ4v) is 3.14. The van der Waals surface area contributed by atoms with E-state index < -0.39 is 0 Å². The number of nitrogens with zero attached hydrogens (tertiary/aromatic N) is 1. The van der Waals surface area contributed by atoms with Crippen molar-refractivity contribution in [1.82, 2.24) is 10.2 Å². The van der Waals surface area contributed by atoms with Gasteiger partial charge >= 0.3 is 0 Å². The summed E-state index contributed by atoms with van der Waals surface area (Å²) < 4.78 is 0. The zero-order valence-electron chi connectivity index (χ0n) is 13.9. The molecule has 114 valence electrons. The van der Waals surface area contributed by atoms with Gasteiger partial charge in [-0.25, -0.2) is 0 Å². The summed E-state index contributed by atoms with van der Waals surface area (Å²) in [7, 11) is 0. The van der Waals surface area contributed by atoms with Crippen molar-refractivity contribution in [1.29, 1.82) is 0 Å². The van der Waals surface area contributed by atoms with Crippen LogP contribution in [0.2, 0.25) is 0 Å². The molecule has 0 aromatic rings. The van der Waals surface area contributed by atoms with E-state index in [9.17, 15) is 0 Å². The molecule has 1 fully saturated rings. The van der Waals surface area contributed by atoms with E-state index in [1.807, 2.05) is 0 Å². The molecule has 0 aromatic heterocycles. The first-order valence-electron chi connectivity index (χ1n) is 8.54. The van der Waals surface area contributed by atoms with Crippen molar-refractivity contribution in [3.05, 3.63) is 0 Å². The number of likely N-dealkylation sites (tertiary alicyclic amines) is 1. The van der Waals surface area contributed by atoms with E-state index in [1.54, 1.807) is 0 Å². The Kier molecular flexibility index (Phi) is 8.01. The first-order valence-corrected chi connectivity index (χ1v) is 8.54. The first-order chi connectivity index (χ1) is 9.08. The van der Waals surface area contributed by atoms with Crippen molar-refractivity contribution in [2.75, 3.05) is 26.2 Å². The average Bonchev–Trinajstić information content (AvgIpc) is 2.43. The monoisotopic (exact) mass is 268 g/mol. The van der Waals surface area contributed by atoms with Crippen LogP contribution in [0.25, 0.3) is 0 Å². The molecular weight excluding hydrogens is 232 g/mol. The van der Waals surface area contributed by atoms with Gasteiger partial charge in [0.1, 0.15) is 0 Å². The fourth-order valence-electron chi connectivity index (χ4n) is 3.14. The Bertz CT molecular complexity index is 219. The van der Waals surface area contributed by atoms with Gasteiger partial charge in [-0.15, -0.1) is 0 Å². The Morgan fingerprint density at radius 2 is 1.74 bits per heavy atom. The number of nitrogens with one attached hydrogen (secondary N) is 1. The van der Waals surface area contributed by atoms with E-state index in [4.69, 9.17) is 0 Å². The van der Waals surface area contributed by atoms with Gasteiger partial charge in [0.15, 0.2) is 0 Å². The van der Waals surface area contributed by atoms with Gasteiger partial charge in [-0.1, -0.05) is 41.0 Å². The minimum atomic E-state index is 0.681. The van der Waals surface area contributed by atoms with Gasteiger partial charge in [-0.3, -0.25) is 0 Å². The Morgan fingerprint density at radius 3 is 2.21 bits per heavy atom. The summed E-state index contributed by atoms with van der Waals surface area (Å²) in [6, 6.07) is 0.681. The third-order valence-electron chi connectivity index (χ3n) is 5.02. The summed E-state index contributed by atoms with van der Waals surface area (Å²) in [5, 5.41) is 3.76. The molecule has 2 nitrogen and oxygen atoms in total. The Labute approximate surface area is 121 Å². The van der Waals surface area contributed by atoms with Crippen LogP contribution in [0.1, 0.15) is 60.3 Å². The normalized spacial score (nSPS) is 21.8. The maximum Gasteiger partial charge on any atom is 0.0220 e. The lowest BCUT2D eigenvalue weighted by Gasteiger charge is -2.37. The van der Waals surface area contributed by atoms with Crippen molar-refractivity contribution in [3.8, 4) is 0 Å². The molecule has 1 rings (SSSR count). The molecule has 1 heterocycles. The maximum absolute atomic E-state index is 3.76. The summed E-state index contributed by atoms with van der Waals surface area (Å²) in [6.07, 6.45) is 5.32. The second-order valence-electron chi connectivity index (χ2n) is 6.83. The van der Waals surface area contributed by atoms with Gasteiger partial charge in [-0.05, 0) is 56.7 Å². The van der Waals surface area contributed by atoms with Crippen LogP contribution in [-0.4, -0.2) is 37.1 Å². The van der Waals surface area contributed by atoms with Gasteiger partial charge in [0.2, 0.25) is 0 Å². The zero-order valence-corrected chi connectivity index (χ0v) is 13.9. The molecule has 0 aromatic carbocycles. The summed E-state index contributed by atoms with van der Waals surface area (Å²) in [5.74, 6) is 2.61. The molecule has 2 unspecified atom stereocenters. The molecule has 2 heteroatoms. The third kappa shape index (κ3) is 5.83. The van der Waals surface area contributed by atoms with Crippen LogP contribution in [0.5, 0.6) is 0 Å². The summed E-state index contributed by atoms with van der Waals surface area (Å²) >= 11 is 0. The lowest BCUT2D eigenvalue weighted by atomic mass is 9.86. The maximum atomic E-state index is 3.76. The quantitative estimate of drug-likeness (QED) is 0.721. The first kappa shape index (κ1) is 17.0. The van der Waals surface area contributed by atoms with Crippen LogP contribution in [0.15, 0.2) is 0 Å². The summed E-state index contributed by atoms with van der Waals surface area (Å²) in [6.45, 7) is 16.8. The molecule has 1 saturated heterocycles. The van der Waals surface area contributed by atoms with Crippen molar-refractivity contribution in [2.45, 2.75) is 66.3 Å². The molecule has 0 amide bonds. The molecule has 2 atom stereocenters. The van der Waals surface area contributed by atoms with Crippen molar-refractivity contribution in [2.24, 2.45) is 17.8 Å². The molecule has 0 saturated carbocycles. The summed E-state index contributed by atoms with van der Waals surface area (Å²) in [5.41, 5.74) is 0. The molecule has 0 aliphatic carbocycles. The molecule has 0 spiro atoms. The summed E-state index contributed by atoms with van der Waals surface area (Å²) in [4.78, 5) is 2.69. The van der Waals surface area contributed by atoms with Crippen LogP contribution in [0.4, 0.5) is 0 Å². The van der Waals surface area contributed by atoms with Crippen molar-refractivity contribution in [3.63, 3.8) is 0 Å². The van der Waals surface area contributed by atoms with Crippen molar-refractivity contribution < 1.29 is 0 Å². The standard InChI is InChI=1S/C17H36N2/c1-6-10-18-17(15(5)7-2)13-19-11-8-16(9-12-19)14(3)4/h14-18H,6-13H2,1-5H3.